The molecule has 0 aromatic heterocycles. The lowest BCUT2D eigenvalue weighted by Crippen LogP contribution is -2.36. The van der Waals surface area contributed by atoms with Crippen molar-refractivity contribution < 1.29 is 14.6 Å². The van der Waals surface area contributed by atoms with E-state index in [4.69, 9.17) is 4.74 Å². The molecule has 0 unspecified atom stereocenters. The number of aliphatic hydroxyl groups is 1. The number of aliphatic hydroxyl groups excluding tert-OH is 1. The van der Waals surface area contributed by atoms with Gasteiger partial charge in [-0.15, -0.1) is 0 Å². The second kappa shape index (κ2) is 8.99. The van der Waals surface area contributed by atoms with E-state index in [1.807, 2.05) is 52.9 Å². The molecule has 0 bridgehead atoms. The Balaban J connectivity index is 2.11. The van der Waals surface area contributed by atoms with Crippen LogP contribution in [-0.4, -0.2) is 17.2 Å². The number of benzene rings is 1. The van der Waals surface area contributed by atoms with Gasteiger partial charge in [-0.2, -0.15) is 0 Å². The van der Waals surface area contributed by atoms with Crippen LogP contribution in [0.2, 0.25) is 0 Å². The lowest BCUT2D eigenvalue weighted by atomic mass is 9.75. The maximum Gasteiger partial charge on any atom is 0.337 e. The fraction of sp³-hybridized carbons (Fsp3) is 0.550. The highest BCUT2D eigenvalue weighted by molar-refractivity contribution is 14.1. The third-order valence-corrected chi connectivity index (χ3v) is 5.65. The lowest BCUT2D eigenvalue weighted by Gasteiger charge is -2.37. The molecule has 0 saturated heterocycles. The molecular formula is C20H27IO3. The Bertz CT molecular complexity index is 568. The standard InChI is InChI=1S/C20H27IO3/c1-13(2)16-10-9-14(3)11-18(16)24-20(23)17(12-21)19(22)15-7-5-4-6-8-15/h4-8,12-14,16,18-19,22H,9-11H2,1-3H3/b17-12-/t14-,16+,18-,19-/m1/s1. The molecule has 3 nitrogen and oxygen atoms in total. The summed E-state index contributed by atoms with van der Waals surface area (Å²) in [4.78, 5) is 12.7. The van der Waals surface area contributed by atoms with E-state index in [1.165, 1.54) is 6.42 Å². The first kappa shape index (κ1) is 19.4. The molecule has 4 heteroatoms. The quantitative estimate of drug-likeness (QED) is 0.395. The molecule has 1 aromatic rings. The summed E-state index contributed by atoms with van der Waals surface area (Å²) in [5, 5.41) is 10.5. The van der Waals surface area contributed by atoms with Gasteiger partial charge in [-0.3, -0.25) is 0 Å². The van der Waals surface area contributed by atoms with Gasteiger partial charge in [-0.05, 0) is 40.2 Å². The minimum atomic E-state index is -0.950. The van der Waals surface area contributed by atoms with Gasteiger partial charge < -0.3 is 9.84 Å². The predicted octanol–water partition coefficient (Wildman–Crippen LogP) is 5.04. The van der Waals surface area contributed by atoms with Gasteiger partial charge in [0.2, 0.25) is 0 Å². The Kier molecular flexibility index (Phi) is 7.29. The summed E-state index contributed by atoms with van der Waals surface area (Å²) in [5.74, 6) is 1.06. The Hall–Kier alpha value is -0.880. The molecule has 0 heterocycles. The number of carbonyl (C=O) groups is 1. The van der Waals surface area contributed by atoms with Crippen molar-refractivity contribution in [3.8, 4) is 0 Å². The summed E-state index contributed by atoms with van der Waals surface area (Å²) >= 11 is 2.00. The minimum absolute atomic E-state index is 0.0597. The normalized spacial score (nSPS) is 26.2. The molecular weight excluding hydrogens is 415 g/mol. The average Bonchev–Trinajstić information content (AvgIpc) is 2.56. The highest BCUT2D eigenvalue weighted by atomic mass is 127. The highest BCUT2D eigenvalue weighted by Gasteiger charge is 2.34. The molecule has 0 amide bonds. The molecule has 1 fully saturated rings. The van der Waals surface area contributed by atoms with Gasteiger partial charge >= 0.3 is 5.97 Å². The van der Waals surface area contributed by atoms with E-state index in [1.54, 1.807) is 4.08 Å². The molecule has 1 saturated carbocycles. The van der Waals surface area contributed by atoms with Crippen molar-refractivity contribution in [2.24, 2.45) is 17.8 Å². The van der Waals surface area contributed by atoms with Crippen molar-refractivity contribution in [3.05, 3.63) is 45.6 Å². The number of ether oxygens (including phenoxy) is 1. The maximum atomic E-state index is 12.7. The number of hydrogen-bond acceptors (Lipinski definition) is 3. The number of halogens is 1. The molecule has 1 aromatic carbocycles. The predicted molar refractivity (Wildman–Crippen MR) is 105 cm³/mol. The summed E-state index contributed by atoms with van der Waals surface area (Å²) in [6.45, 7) is 6.59. The van der Waals surface area contributed by atoms with E-state index in [2.05, 4.69) is 20.8 Å². The molecule has 0 aliphatic heterocycles. The average molecular weight is 442 g/mol. The van der Waals surface area contributed by atoms with Crippen molar-refractivity contribution in [2.75, 3.05) is 0 Å². The van der Waals surface area contributed by atoms with E-state index in [9.17, 15) is 9.90 Å². The number of carbonyl (C=O) groups excluding carboxylic acids is 1. The van der Waals surface area contributed by atoms with Crippen LogP contribution in [0.3, 0.4) is 0 Å². The van der Waals surface area contributed by atoms with Crippen molar-refractivity contribution in [2.45, 2.75) is 52.2 Å². The minimum Gasteiger partial charge on any atom is -0.459 e. The zero-order valence-corrected chi connectivity index (χ0v) is 16.8. The van der Waals surface area contributed by atoms with Crippen LogP contribution < -0.4 is 0 Å². The van der Waals surface area contributed by atoms with Crippen LogP contribution in [-0.2, 0) is 9.53 Å². The number of rotatable bonds is 5. The summed E-state index contributed by atoms with van der Waals surface area (Å²) in [7, 11) is 0. The van der Waals surface area contributed by atoms with Gasteiger partial charge in [-0.25, -0.2) is 4.79 Å². The van der Waals surface area contributed by atoms with Crippen LogP contribution in [0.15, 0.2) is 40.0 Å². The van der Waals surface area contributed by atoms with E-state index < -0.39 is 12.1 Å². The number of hydrogen-bond donors (Lipinski definition) is 1. The zero-order valence-electron chi connectivity index (χ0n) is 14.6. The maximum absolute atomic E-state index is 12.7. The summed E-state index contributed by atoms with van der Waals surface area (Å²) < 4.78 is 7.49. The van der Waals surface area contributed by atoms with Crippen LogP contribution in [0.5, 0.6) is 0 Å². The van der Waals surface area contributed by atoms with Crippen LogP contribution in [0.4, 0.5) is 0 Å². The third-order valence-electron chi connectivity index (χ3n) is 4.98. The SMILES string of the molecule is CC(C)[C@@H]1CC[C@@H](C)C[C@H]1OC(=O)/C(=C\I)[C@H](O)c1ccccc1. The largest absolute Gasteiger partial charge is 0.459 e. The molecule has 0 spiro atoms. The van der Waals surface area contributed by atoms with Gasteiger partial charge in [0.15, 0.2) is 0 Å². The van der Waals surface area contributed by atoms with Crippen LogP contribution in [0.25, 0.3) is 0 Å². The van der Waals surface area contributed by atoms with Crippen LogP contribution in [0.1, 0.15) is 51.7 Å². The van der Waals surface area contributed by atoms with E-state index in [0.717, 1.165) is 12.8 Å². The van der Waals surface area contributed by atoms with Gasteiger partial charge in [0.05, 0.1) is 5.57 Å². The highest BCUT2D eigenvalue weighted by Crippen LogP contribution is 2.36. The Labute approximate surface area is 158 Å². The van der Waals surface area contributed by atoms with Gasteiger partial charge in [0, 0.05) is 0 Å². The molecule has 1 N–H and O–H groups in total. The summed E-state index contributed by atoms with van der Waals surface area (Å²) in [6, 6.07) is 9.23. The third kappa shape index (κ3) is 4.82. The molecule has 1 aliphatic carbocycles. The van der Waals surface area contributed by atoms with E-state index in [0.29, 0.717) is 28.9 Å². The first-order valence-electron chi connectivity index (χ1n) is 8.68. The lowest BCUT2D eigenvalue weighted by molar-refractivity contribution is -0.152. The van der Waals surface area contributed by atoms with Crippen LogP contribution in [0, 0.1) is 17.8 Å². The first-order valence-corrected chi connectivity index (χ1v) is 9.92. The van der Waals surface area contributed by atoms with Gasteiger partial charge in [0.25, 0.3) is 0 Å². The van der Waals surface area contributed by atoms with Crippen molar-refractivity contribution in [1.82, 2.24) is 0 Å². The van der Waals surface area contributed by atoms with E-state index in [-0.39, 0.29) is 6.10 Å². The van der Waals surface area contributed by atoms with Crippen LogP contribution >= 0.6 is 22.6 Å². The fourth-order valence-corrected chi connectivity index (χ4v) is 4.08. The smallest absolute Gasteiger partial charge is 0.337 e. The summed E-state index contributed by atoms with van der Waals surface area (Å²) in [6.07, 6.45) is 2.19. The Morgan fingerprint density at radius 2 is 1.96 bits per heavy atom. The van der Waals surface area contributed by atoms with Crippen molar-refractivity contribution in [3.63, 3.8) is 0 Å². The zero-order chi connectivity index (χ0) is 17.7. The van der Waals surface area contributed by atoms with Gasteiger partial charge in [0.1, 0.15) is 12.2 Å². The Morgan fingerprint density at radius 1 is 1.29 bits per heavy atom. The monoisotopic (exact) mass is 442 g/mol. The molecule has 24 heavy (non-hydrogen) atoms. The van der Waals surface area contributed by atoms with Crippen molar-refractivity contribution in [1.29, 1.82) is 0 Å². The fourth-order valence-electron chi connectivity index (χ4n) is 3.49. The summed E-state index contributed by atoms with van der Waals surface area (Å²) in [5.41, 5.74) is 1.01. The first-order chi connectivity index (χ1) is 11.4. The molecule has 2 rings (SSSR count). The Morgan fingerprint density at radius 3 is 2.54 bits per heavy atom. The second-order valence-electron chi connectivity index (χ2n) is 7.15. The number of esters is 1. The van der Waals surface area contributed by atoms with E-state index >= 15 is 0 Å². The topological polar surface area (TPSA) is 46.5 Å². The molecule has 4 atom stereocenters. The van der Waals surface area contributed by atoms with Crippen molar-refractivity contribution >= 4 is 28.6 Å². The molecule has 132 valence electrons. The second-order valence-corrected chi connectivity index (χ2v) is 7.77. The molecule has 1 aliphatic rings. The van der Waals surface area contributed by atoms with Gasteiger partial charge in [-0.1, -0.05) is 80.1 Å². The molecule has 0 radical (unpaired) electrons.